The first-order valence-corrected chi connectivity index (χ1v) is 5.19. The summed E-state index contributed by atoms with van der Waals surface area (Å²) in [7, 11) is 1.62. The van der Waals surface area contributed by atoms with Crippen molar-refractivity contribution in [1.82, 2.24) is 0 Å². The van der Waals surface area contributed by atoms with E-state index in [2.05, 4.69) is 10.2 Å². The van der Waals surface area contributed by atoms with Crippen molar-refractivity contribution in [2.45, 2.75) is 64.8 Å². The van der Waals surface area contributed by atoms with Gasteiger partial charge >= 0.3 is 0 Å². The van der Waals surface area contributed by atoms with E-state index in [-0.39, 0.29) is 5.54 Å². The molecule has 0 spiro atoms. The van der Waals surface area contributed by atoms with Crippen LogP contribution in [0.15, 0.2) is 10.2 Å². The van der Waals surface area contributed by atoms with Gasteiger partial charge in [0, 0.05) is 13.5 Å². The Morgan fingerprint density at radius 1 is 1.00 bits per heavy atom. The summed E-state index contributed by atoms with van der Waals surface area (Å²) >= 11 is 0. The molecule has 0 radical (unpaired) electrons. The van der Waals surface area contributed by atoms with Crippen molar-refractivity contribution in [2.75, 3.05) is 7.11 Å². The van der Waals surface area contributed by atoms with Gasteiger partial charge in [-0.15, -0.1) is 0 Å². The van der Waals surface area contributed by atoms with Crippen LogP contribution in [0.25, 0.3) is 0 Å². The topological polar surface area (TPSA) is 54.2 Å². The highest BCUT2D eigenvalue weighted by atomic mass is 16.5. The molecule has 15 heavy (non-hydrogen) atoms. The lowest BCUT2D eigenvalue weighted by atomic mass is 9.98. The van der Waals surface area contributed by atoms with Crippen molar-refractivity contribution in [2.24, 2.45) is 10.2 Å². The van der Waals surface area contributed by atoms with Crippen molar-refractivity contribution in [3.05, 3.63) is 0 Å². The fourth-order valence-electron chi connectivity index (χ4n) is 1.17. The second-order valence-electron chi connectivity index (χ2n) is 5.73. The van der Waals surface area contributed by atoms with Gasteiger partial charge in [-0.05, 0) is 41.5 Å². The van der Waals surface area contributed by atoms with Crippen molar-refractivity contribution in [3.63, 3.8) is 0 Å². The highest BCUT2D eigenvalue weighted by Crippen LogP contribution is 2.25. The van der Waals surface area contributed by atoms with Gasteiger partial charge in [-0.2, -0.15) is 10.2 Å². The minimum Gasteiger partial charge on any atom is -0.379 e. The zero-order chi connectivity index (χ0) is 12.3. The Kier molecular flexibility index (Phi) is 4.43. The minimum atomic E-state index is -1.17. The van der Waals surface area contributed by atoms with Crippen LogP contribution in [-0.2, 0) is 4.74 Å². The van der Waals surface area contributed by atoms with Crippen molar-refractivity contribution >= 4 is 0 Å². The van der Waals surface area contributed by atoms with Crippen LogP contribution in [0.1, 0.15) is 48.0 Å². The second kappa shape index (κ2) is 4.58. The Labute approximate surface area is 92.7 Å². The maximum Gasteiger partial charge on any atom is 0.176 e. The molecule has 0 aromatic rings. The minimum absolute atomic E-state index is 0.263. The Morgan fingerprint density at radius 3 is 1.80 bits per heavy atom. The van der Waals surface area contributed by atoms with Gasteiger partial charge in [0.15, 0.2) is 5.72 Å². The van der Waals surface area contributed by atoms with E-state index < -0.39 is 11.3 Å². The maximum atomic E-state index is 10.0. The van der Waals surface area contributed by atoms with E-state index in [4.69, 9.17) is 4.74 Å². The van der Waals surface area contributed by atoms with Crippen molar-refractivity contribution in [3.8, 4) is 0 Å². The normalized spacial score (nSPS) is 18.1. The first kappa shape index (κ1) is 14.5. The van der Waals surface area contributed by atoms with Crippen LogP contribution in [0.4, 0.5) is 0 Å². The zero-order valence-corrected chi connectivity index (χ0v) is 11.0. The molecular formula is C11H24N2O2. The van der Waals surface area contributed by atoms with E-state index in [0.29, 0.717) is 6.42 Å². The summed E-state index contributed by atoms with van der Waals surface area (Å²) in [4.78, 5) is 0. The lowest BCUT2D eigenvalue weighted by molar-refractivity contribution is -0.0585. The number of nitrogens with zero attached hydrogens (tertiary/aromatic N) is 2. The molecule has 0 aromatic heterocycles. The van der Waals surface area contributed by atoms with Gasteiger partial charge in [0.1, 0.15) is 0 Å². The third kappa shape index (κ3) is 7.45. The van der Waals surface area contributed by atoms with E-state index >= 15 is 0 Å². The summed E-state index contributed by atoms with van der Waals surface area (Å²) in [5, 5.41) is 18.0. The van der Waals surface area contributed by atoms with Gasteiger partial charge in [0.05, 0.1) is 11.1 Å². The monoisotopic (exact) mass is 216 g/mol. The Hall–Kier alpha value is -0.480. The predicted molar refractivity (Wildman–Crippen MR) is 60.9 cm³/mol. The van der Waals surface area contributed by atoms with Crippen LogP contribution in [0.5, 0.6) is 0 Å². The van der Waals surface area contributed by atoms with Gasteiger partial charge in [-0.3, -0.25) is 0 Å². The van der Waals surface area contributed by atoms with E-state index in [9.17, 15) is 5.11 Å². The highest BCUT2D eigenvalue weighted by Gasteiger charge is 2.30. The molecule has 0 saturated carbocycles. The van der Waals surface area contributed by atoms with E-state index in [1.807, 2.05) is 34.6 Å². The molecule has 0 amide bonds. The largest absolute Gasteiger partial charge is 0.379 e. The molecule has 0 heterocycles. The van der Waals surface area contributed by atoms with Crippen molar-refractivity contribution in [1.29, 1.82) is 0 Å². The molecule has 0 aliphatic rings. The third-order valence-electron chi connectivity index (χ3n) is 1.88. The molecule has 4 nitrogen and oxygen atoms in total. The molecule has 0 aromatic carbocycles. The number of rotatable bonds is 4. The lowest BCUT2D eigenvalue weighted by Crippen LogP contribution is -2.35. The molecule has 0 fully saturated rings. The van der Waals surface area contributed by atoms with Gasteiger partial charge in [0.2, 0.25) is 0 Å². The average Bonchev–Trinajstić information content (AvgIpc) is 1.98. The highest BCUT2D eigenvalue weighted by molar-refractivity contribution is 4.81. The second-order valence-corrected chi connectivity index (χ2v) is 5.73. The molecule has 0 aliphatic heterocycles. The van der Waals surface area contributed by atoms with Crippen LogP contribution < -0.4 is 0 Å². The molecule has 1 N–H and O–H groups in total. The summed E-state index contributed by atoms with van der Waals surface area (Å²) in [6.07, 6.45) is 0.413. The summed E-state index contributed by atoms with van der Waals surface area (Å²) in [5.41, 5.74) is -1.84. The SMILES string of the molecule is COC(C)(C)CC(C)(O)/N=N/C(C)(C)C. The maximum absolute atomic E-state index is 10.0. The smallest absolute Gasteiger partial charge is 0.176 e. The molecule has 0 bridgehead atoms. The van der Waals surface area contributed by atoms with Gasteiger partial charge < -0.3 is 9.84 Å². The molecule has 90 valence electrons. The molecule has 0 aliphatic carbocycles. The number of hydrogen-bond acceptors (Lipinski definition) is 4. The Morgan fingerprint density at radius 2 is 1.47 bits per heavy atom. The summed E-state index contributed by atoms with van der Waals surface area (Å²) in [5.74, 6) is 0. The quantitative estimate of drug-likeness (QED) is 0.735. The molecule has 0 rings (SSSR count). The van der Waals surface area contributed by atoms with Crippen molar-refractivity contribution < 1.29 is 9.84 Å². The Balaban J connectivity index is 4.51. The first-order valence-electron chi connectivity index (χ1n) is 5.19. The fourth-order valence-corrected chi connectivity index (χ4v) is 1.17. The first-order chi connectivity index (χ1) is 6.47. The van der Waals surface area contributed by atoms with Crippen LogP contribution in [0, 0.1) is 0 Å². The Bertz CT molecular complexity index is 227. The summed E-state index contributed by atoms with van der Waals surface area (Å²) < 4.78 is 5.24. The number of azo groups is 1. The number of ether oxygens (including phenoxy) is 1. The molecule has 1 unspecified atom stereocenters. The van der Waals surface area contributed by atoms with Crippen LogP contribution in [0.2, 0.25) is 0 Å². The molecule has 4 heteroatoms. The predicted octanol–water partition coefficient (Wildman–Crippen LogP) is 2.76. The summed E-state index contributed by atoms with van der Waals surface area (Å²) in [6.45, 7) is 11.3. The number of hydrogen-bond donors (Lipinski definition) is 1. The van der Waals surface area contributed by atoms with E-state index in [1.54, 1.807) is 14.0 Å². The lowest BCUT2D eigenvalue weighted by Gasteiger charge is -2.29. The fraction of sp³-hybridized carbons (Fsp3) is 1.00. The molecular weight excluding hydrogens is 192 g/mol. The van der Waals surface area contributed by atoms with Gasteiger partial charge in [0.25, 0.3) is 0 Å². The van der Waals surface area contributed by atoms with Gasteiger partial charge in [-0.1, -0.05) is 0 Å². The standard InChI is InChI=1S/C11H24N2O2/c1-9(2,3)12-13-11(6,14)8-10(4,5)15-7/h14H,8H2,1-7H3/b13-12+. The molecule has 1 atom stereocenters. The number of methoxy groups -OCH3 is 1. The molecule has 0 saturated heterocycles. The van der Waals surface area contributed by atoms with E-state index in [1.165, 1.54) is 0 Å². The zero-order valence-electron chi connectivity index (χ0n) is 11.0. The van der Waals surface area contributed by atoms with Crippen LogP contribution in [-0.4, -0.2) is 29.1 Å². The van der Waals surface area contributed by atoms with E-state index in [0.717, 1.165) is 0 Å². The number of aliphatic hydroxyl groups is 1. The van der Waals surface area contributed by atoms with Gasteiger partial charge in [-0.25, -0.2) is 0 Å². The van der Waals surface area contributed by atoms with Crippen LogP contribution in [0.3, 0.4) is 0 Å². The average molecular weight is 216 g/mol. The third-order valence-corrected chi connectivity index (χ3v) is 1.88. The van der Waals surface area contributed by atoms with Crippen LogP contribution >= 0.6 is 0 Å². The summed E-state index contributed by atoms with van der Waals surface area (Å²) in [6, 6.07) is 0.